The number of carbonyl (C=O) groups is 2. The average Bonchev–Trinajstić information content (AvgIpc) is 2.93. The van der Waals surface area contributed by atoms with Gasteiger partial charge in [0.25, 0.3) is 10.0 Å². The van der Waals surface area contributed by atoms with E-state index in [1.165, 1.54) is 29.2 Å². The zero-order chi connectivity index (χ0) is 29.4. The highest BCUT2D eigenvalue weighted by Crippen LogP contribution is 2.28. The fourth-order valence-electron chi connectivity index (χ4n) is 4.12. The maximum absolute atomic E-state index is 14.0. The summed E-state index contributed by atoms with van der Waals surface area (Å²) in [6, 6.07) is 17.8. The first-order valence-corrected chi connectivity index (χ1v) is 14.9. The number of benzene rings is 3. The Morgan fingerprint density at radius 2 is 1.65 bits per heavy atom. The van der Waals surface area contributed by atoms with Crippen molar-refractivity contribution in [1.82, 2.24) is 10.2 Å². The van der Waals surface area contributed by atoms with Crippen LogP contribution in [0.25, 0.3) is 0 Å². The number of hydrogen-bond acceptors (Lipinski definition) is 4. The molecule has 10 heteroatoms. The van der Waals surface area contributed by atoms with E-state index in [0.717, 1.165) is 21.5 Å². The van der Waals surface area contributed by atoms with Crippen LogP contribution in [-0.2, 0) is 26.2 Å². The number of anilines is 1. The Labute approximate surface area is 241 Å². The Bertz CT molecular complexity index is 1420. The van der Waals surface area contributed by atoms with Crippen molar-refractivity contribution in [1.29, 1.82) is 0 Å². The summed E-state index contributed by atoms with van der Waals surface area (Å²) in [5.74, 6) is -1.42. The van der Waals surface area contributed by atoms with Crippen LogP contribution in [0.5, 0.6) is 0 Å². The highest BCUT2D eigenvalue weighted by Gasteiger charge is 2.33. The summed E-state index contributed by atoms with van der Waals surface area (Å²) in [4.78, 5) is 28.6. The van der Waals surface area contributed by atoms with Crippen LogP contribution in [0.15, 0.2) is 77.7 Å². The lowest BCUT2D eigenvalue weighted by atomic mass is 10.1. The van der Waals surface area contributed by atoms with Gasteiger partial charge < -0.3 is 10.2 Å². The van der Waals surface area contributed by atoms with E-state index in [1.807, 2.05) is 45.0 Å². The molecule has 1 unspecified atom stereocenters. The molecule has 0 fully saturated rings. The Morgan fingerprint density at radius 1 is 1.00 bits per heavy atom. The van der Waals surface area contributed by atoms with Gasteiger partial charge in [-0.2, -0.15) is 0 Å². The fourth-order valence-corrected chi connectivity index (χ4v) is 5.72. The van der Waals surface area contributed by atoms with Crippen molar-refractivity contribution in [3.8, 4) is 0 Å². The first-order chi connectivity index (χ1) is 18.9. The Balaban J connectivity index is 2.05. The molecule has 40 heavy (non-hydrogen) atoms. The van der Waals surface area contributed by atoms with E-state index < -0.39 is 34.3 Å². The molecule has 0 spiro atoms. The lowest BCUT2D eigenvalue weighted by molar-refractivity contribution is -0.140. The second kappa shape index (κ2) is 13.8. The summed E-state index contributed by atoms with van der Waals surface area (Å²) in [6.07, 6.45) is 0.315. The number of sulfonamides is 1. The maximum Gasteiger partial charge on any atom is 0.264 e. The molecule has 2 amide bonds. The van der Waals surface area contributed by atoms with Gasteiger partial charge in [0.15, 0.2) is 0 Å². The number of halogens is 2. The van der Waals surface area contributed by atoms with Gasteiger partial charge in [-0.15, -0.1) is 0 Å². The number of aryl methyl sites for hydroxylation is 1. The van der Waals surface area contributed by atoms with Crippen LogP contribution < -0.4 is 9.62 Å². The lowest BCUT2D eigenvalue weighted by Gasteiger charge is -2.33. The highest BCUT2D eigenvalue weighted by atomic mass is 35.5. The molecule has 1 atom stereocenters. The minimum atomic E-state index is -4.26. The van der Waals surface area contributed by atoms with Gasteiger partial charge in [0.05, 0.1) is 15.6 Å². The molecule has 3 aromatic rings. The van der Waals surface area contributed by atoms with Gasteiger partial charge in [-0.25, -0.2) is 12.8 Å². The smallest absolute Gasteiger partial charge is 0.264 e. The predicted molar refractivity (Wildman–Crippen MR) is 156 cm³/mol. The number of nitrogens with one attached hydrogen (secondary N) is 1. The van der Waals surface area contributed by atoms with E-state index in [1.54, 1.807) is 25.1 Å². The van der Waals surface area contributed by atoms with Crippen molar-refractivity contribution >= 4 is 39.1 Å². The zero-order valence-electron chi connectivity index (χ0n) is 23.1. The SMILES string of the molecule is CCC(C(=O)NCC(C)C)N(Cc1ccc(C)cc1)C(=O)CN(c1ccc(F)c(Cl)c1)S(=O)(=O)c1ccccc1. The van der Waals surface area contributed by atoms with E-state index in [2.05, 4.69) is 5.32 Å². The van der Waals surface area contributed by atoms with Crippen LogP contribution in [0.1, 0.15) is 38.3 Å². The summed E-state index contributed by atoms with van der Waals surface area (Å²) in [6.45, 7) is 7.58. The van der Waals surface area contributed by atoms with Crippen molar-refractivity contribution in [2.45, 2.75) is 51.6 Å². The van der Waals surface area contributed by atoms with E-state index in [0.29, 0.717) is 13.0 Å². The Morgan fingerprint density at radius 3 is 2.23 bits per heavy atom. The molecule has 3 aromatic carbocycles. The van der Waals surface area contributed by atoms with E-state index in [4.69, 9.17) is 11.6 Å². The van der Waals surface area contributed by atoms with E-state index in [9.17, 15) is 22.4 Å². The van der Waals surface area contributed by atoms with Gasteiger partial charge in [0, 0.05) is 13.1 Å². The molecule has 0 heterocycles. The monoisotopic (exact) mass is 587 g/mol. The first kappa shape index (κ1) is 31.1. The normalized spacial score (nSPS) is 12.2. The third kappa shape index (κ3) is 7.82. The number of nitrogens with zero attached hydrogens (tertiary/aromatic N) is 2. The summed E-state index contributed by atoms with van der Waals surface area (Å²) in [5.41, 5.74) is 1.85. The molecule has 0 aromatic heterocycles. The molecule has 0 bridgehead atoms. The van der Waals surface area contributed by atoms with Crippen molar-refractivity contribution in [3.63, 3.8) is 0 Å². The van der Waals surface area contributed by atoms with Crippen molar-refractivity contribution in [3.05, 3.63) is 94.8 Å². The third-order valence-corrected chi connectivity index (χ3v) is 8.42. The summed E-state index contributed by atoms with van der Waals surface area (Å²) < 4.78 is 42.4. The van der Waals surface area contributed by atoms with Gasteiger partial charge in [-0.1, -0.05) is 80.4 Å². The zero-order valence-corrected chi connectivity index (χ0v) is 24.7. The number of amides is 2. The number of hydrogen-bond donors (Lipinski definition) is 1. The van der Waals surface area contributed by atoms with Crippen LogP contribution in [0, 0.1) is 18.7 Å². The molecule has 0 saturated carbocycles. The second-order valence-corrected chi connectivity index (χ2v) is 12.3. The topological polar surface area (TPSA) is 86.8 Å². The summed E-state index contributed by atoms with van der Waals surface area (Å²) in [5, 5.41) is 2.61. The van der Waals surface area contributed by atoms with Crippen LogP contribution in [0.4, 0.5) is 10.1 Å². The Kier molecular flexibility index (Phi) is 10.7. The molecule has 0 radical (unpaired) electrons. The molecule has 0 aliphatic carbocycles. The van der Waals surface area contributed by atoms with Crippen molar-refractivity contribution < 1.29 is 22.4 Å². The van der Waals surface area contributed by atoms with Crippen LogP contribution in [0.2, 0.25) is 5.02 Å². The van der Waals surface area contributed by atoms with E-state index in [-0.39, 0.29) is 34.0 Å². The van der Waals surface area contributed by atoms with Crippen molar-refractivity contribution in [2.75, 3.05) is 17.4 Å². The summed E-state index contributed by atoms with van der Waals surface area (Å²) >= 11 is 6.00. The fraction of sp³-hybridized carbons (Fsp3) is 0.333. The molecule has 214 valence electrons. The molecule has 7 nitrogen and oxygen atoms in total. The highest BCUT2D eigenvalue weighted by molar-refractivity contribution is 7.92. The van der Waals surface area contributed by atoms with Gasteiger partial charge in [-0.3, -0.25) is 13.9 Å². The maximum atomic E-state index is 14.0. The quantitative estimate of drug-likeness (QED) is 0.300. The molecule has 0 aliphatic heterocycles. The van der Waals surface area contributed by atoms with Crippen molar-refractivity contribution in [2.24, 2.45) is 5.92 Å². The van der Waals surface area contributed by atoms with Gasteiger partial charge >= 0.3 is 0 Å². The van der Waals surface area contributed by atoms with Gasteiger partial charge in [0.2, 0.25) is 11.8 Å². The number of carbonyl (C=O) groups excluding carboxylic acids is 2. The van der Waals surface area contributed by atoms with Crippen LogP contribution in [-0.4, -0.2) is 44.3 Å². The van der Waals surface area contributed by atoms with Crippen LogP contribution >= 0.6 is 11.6 Å². The molecule has 3 rings (SSSR count). The molecule has 0 saturated heterocycles. The van der Waals surface area contributed by atoms with E-state index >= 15 is 0 Å². The minimum absolute atomic E-state index is 0.0243. The minimum Gasteiger partial charge on any atom is -0.354 e. The summed E-state index contributed by atoms with van der Waals surface area (Å²) in [7, 11) is -4.26. The number of rotatable bonds is 12. The second-order valence-electron chi connectivity index (χ2n) is 9.99. The van der Waals surface area contributed by atoms with Crippen LogP contribution in [0.3, 0.4) is 0 Å². The molecule has 0 aliphatic rings. The molecular formula is C30H35ClFN3O4S. The molecular weight excluding hydrogens is 553 g/mol. The Hall–Kier alpha value is -3.43. The van der Waals surface area contributed by atoms with Gasteiger partial charge in [0.1, 0.15) is 18.4 Å². The predicted octanol–water partition coefficient (Wildman–Crippen LogP) is 5.56. The average molecular weight is 588 g/mol. The lowest BCUT2D eigenvalue weighted by Crippen LogP contribution is -2.52. The standard InChI is InChI=1S/C30H35ClFN3O4S/c1-5-28(30(37)33-18-21(2)3)34(19-23-13-11-22(4)12-14-23)29(36)20-35(24-15-16-27(32)26(31)17-24)40(38,39)25-9-7-6-8-10-25/h6-17,21,28H,5,18-20H2,1-4H3,(H,33,37). The molecule has 1 N–H and O–H groups in total. The first-order valence-electron chi connectivity index (χ1n) is 13.1. The third-order valence-electron chi connectivity index (χ3n) is 6.35. The largest absolute Gasteiger partial charge is 0.354 e. The van der Waals surface area contributed by atoms with Gasteiger partial charge in [-0.05, 0) is 55.2 Å².